The van der Waals surface area contributed by atoms with Gasteiger partial charge < -0.3 is 20.4 Å². The Labute approximate surface area is 210 Å². The Morgan fingerprint density at radius 1 is 1.09 bits per heavy atom. The summed E-state index contributed by atoms with van der Waals surface area (Å²) < 4.78 is 0. The van der Waals surface area contributed by atoms with E-state index in [9.17, 15) is 15.0 Å². The molecule has 2 aromatic heterocycles. The van der Waals surface area contributed by atoms with Gasteiger partial charge in [-0.25, -0.2) is 4.98 Å². The van der Waals surface area contributed by atoms with Gasteiger partial charge in [-0.05, 0) is 67.1 Å². The molecule has 7 nitrogen and oxygen atoms in total. The van der Waals surface area contributed by atoms with Crippen LogP contribution >= 0.6 is 11.6 Å². The molecule has 0 spiro atoms. The lowest BCUT2D eigenvalue weighted by atomic mass is 10.0. The molecule has 1 aliphatic rings. The summed E-state index contributed by atoms with van der Waals surface area (Å²) in [5.74, 6) is -0.0715. The monoisotopic (exact) mass is 494 g/mol. The Morgan fingerprint density at radius 2 is 1.86 bits per heavy atom. The molecule has 3 heterocycles. The van der Waals surface area contributed by atoms with Gasteiger partial charge in [0.15, 0.2) is 0 Å². The predicted molar refractivity (Wildman–Crippen MR) is 135 cm³/mol. The molecule has 0 saturated carbocycles. The van der Waals surface area contributed by atoms with Gasteiger partial charge in [-0.1, -0.05) is 29.8 Å². The summed E-state index contributed by atoms with van der Waals surface area (Å²) in [6.07, 6.45) is 6.40. The first-order chi connectivity index (χ1) is 16.8. The zero-order valence-corrected chi connectivity index (χ0v) is 20.7. The first kappa shape index (κ1) is 25.3. The molecule has 0 bridgehead atoms. The third kappa shape index (κ3) is 6.44. The number of benzene rings is 1. The second kappa shape index (κ2) is 11.3. The van der Waals surface area contributed by atoms with Crippen molar-refractivity contribution in [2.75, 3.05) is 7.05 Å². The van der Waals surface area contributed by atoms with Crippen LogP contribution in [-0.2, 0) is 13.0 Å². The second-order valence-electron chi connectivity index (χ2n) is 9.27. The maximum Gasteiger partial charge on any atom is 0.253 e. The fourth-order valence-electron chi connectivity index (χ4n) is 4.51. The number of aliphatic hydroxyl groups is 2. The Kier molecular flexibility index (Phi) is 8.13. The largest absolute Gasteiger partial charge is 0.389 e. The molecular weight excluding hydrogens is 464 g/mol. The minimum Gasteiger partial charge on any atom is -0.389 e. The molecule has 1 aliphatic heterocycles. The van der Waals surface area contributed by atoms with Crippen LogP contribution in [0.1, 0.15) is 64.6 Å². The van der Waals surface area contributed by atoms with Gasteiger partial charge in [0.2, 0.25) is 0 Å². The van der Waals surface area contributed by atoms with Gasteiger partial charge in [0.1, 0.15) is 5.15 Å². The van der Waals surface area contributed by atoms with Crippen molar-refractivity contribution in [2.24, 2.45) is 0 Å². The molecule has 0 aliphatic carbocycles. The normalized spacial score (nSPS) is 19.3. The highest BCUT2D eigenvalue weighted by Gasteiger charge is 2.30. The number of amides is 1. The van der Waals surface area contributed by atoms with Crippen LogP contribution < -0.4 is 5.32 Å². The summed E-state index contributed by atoms with van der Waals surface area (Å²) in [5, 5.41) is 24.4. The minimum atomic E-state index is -0.628. The number of aliphatic hydroxyl groups excluding tert-OH is 2. The Hall–Kier alpha value is -2.84. The summed E-state index contributed by atoms with van der Waals surface area (Å²) in [7, 11) is 1.76. The van der Waals surface area contributed by atoms with Crippen molar-refractivity contribution in [3.63, 3.8) is 0 Å². The van der Waals surface area contributed by atoms with Crippen molar-refractivity contribution >= 4 is 17.5 Å². The molecule has 184 valence electrons. The van der Waals surface area contributed by atoms with E-state index < -0.39 is 12.2 Å². The van der Waals surface area contributed by atoms with Crippen LogP contribution in [0.4, 0.5) is 0 Å². The molecule has 8 heteroatoms. The Balaban J connectivity index is 1.31. The second-order valence-corrected chi connectivity index (χ2v) is 9.66. The smallest absolute Gasteiger partial charge is 0.253 e. The van der Waals surface area contributed by atoms with Gasteiger partial charge in [-0.3, -0.25) is 9.78 Å². The Morgan fingerprint density at radius 3 is 2.54 bits per heavy atom. The van der Waals surface area contributed by atoms with Gasteiger partial charge in [-0.2, -0.15) is 0 Å². The zero-order valence-electron chi connectivity index (χ0n) is 19.9. The molecule has 4 rings (SSSR count). The molecule has 1 aromatic carbocycles. The van der Waals surface area contributed by atoms with Crippen molar-refractivity contribution < 1.29 is 15.0 Å². The van der Waals surface area contributed by atoms with E-state index in [-0.39, 0.29) is 18.0 Å². The topological polar surface area (TPSA) is 98.6 Å². The highest BCUT2D eigenvalue weighted by molar-refractivity contribution is 6.29. The molecular formula is C27H31ClN4O3. The van der Waals surface area contributed by atoms with Gasteiger partial charge in [0, 0.05) is 55.4 Å². The molecule has 1 saturated heterocycles. The van der Waals surface area contributed by atoms with Gasteiger partial charge >= 0.3 is 0 Å². The standard InChI is InChI=1S/C27H31ClN4O3/c1-17(33)22-11-19(13-29-14-22)16-32(2)27(35)20-5-3-18(4-6-20)12-23-8-9-24(31-23)26(34)21-7-10-25(28)30-15-21/h3-7,10-11,13-15,17,23-24,26,31,33-34H,8-9,12,16H2,1-2H3/t17?,23-,24+,26+/m0/s1. The van der Waals surface area contributed by atoms with Crippen molar-refractivity contribution in [2.45, 2.75) is 57.0 Å². The van der Waals surface area contributed by atoms with Crippen LogP contribution in [0.2, 0.25) is 5.15 Å². The molecule has 35 heavy (non-hydrogen) atoms. The number of halogens is 1. The number of carbonyl (C=O) groups excluding carboxylic acids is 1. The number of hydrogen-bond donors (Lipinski definition) is 3. The quantitative estimate of drug-likeness (QED) is 0.411. The average Bonchev–Trinajstić information content (AvgIpc) is 3.32. The fourth-order valence-corrected chi connectivity index (χ4v) is 4.62. The van der Waals surface area contributed by atoms with Crippen LogP contribution in [0.5, 0.6) is 0 Å². The first-order valence-electron chi connectivity index (χ1n) is 11.8. The summed E-state index contributed by atoms with van der Waals surface area (Å²) in [6, 6.07) is 13.3. The summed E-state index contributed by atoms with van der Waals surface area (Å²) in [6.45, 7) is 2.10. The van der Waals surface area contributed by atoms with E-state index in [1.54, 1.807) is 43.5 Å². The van der Waals surface area contributed by atoms with Crippen LogP contribution in [0.25, 0.3) is 0 Å². The average molecular weight is 495 g/mol. The number of hydrogen-bond acceptors (Lipinski definition) is 6. The number of nitrogens with one attached hydrogen (secondary N) is 1. The molecule has 3 aromatic rings. The zero-order chi connectivity index (χ0) is 24.9. The molecule has 0 radical (unpaired) electrons. The minimum absolute atomic E-state index is 0.0284. The van der Waals surface area contributed by atoms with Crippen molar-refractivity contribution in [3.8, 4) is 0 Å². The number of nitrogens with zero attached hydrogens (tertiary/aromatic N) is 3. The molecule has 3 N–H and O–H groups in total. The highest BCUT2D eigenvalue weighted by atomic mass is 35.5. The van der Waals surface area contributed by atoms with Crippen molar-refractivity contribution in [1.82, 2.24) is 20.2 Å². The third-order valence-corrected chi connectivity index (χ3v) is 6.72. The van der Waals surface area contributed by atoms with Crippen LogP contribution in [0, 0.1) is 0 Å². The fraction of sp³-hybridized carbons (Fsp3) is 0.370. The van der Waals surface area contributed by atoms with E-state index in [0.29, 0.717) is 17.3 Å². The molecule has 4 atom stereocenters. The van der Waals surface area contributed by atoms with E-state index in [0.717, 1.165) is 41.5 Å². The lowest BCUT2D eigenvalue weighted by Gasteiger charge is -2.20. The predicted octanol–water partition coefficient (Wildman–Crippen LogP) is 3.85. The molecule has 1 fully saturated rings. The van der Waals surface area contributed by atoms with E-state index in [2.05, 4.69) is 15.3 Å². The highest BCUT2D eigenvalue weighted by Crippen LogP contribution is 2.27. The van der Waals surface area contributed by atoms with Crippen LogP contribution in [0.3, 0.4) is 0 Å². The van der Waals surface area contributed by atoms with E-state index in [4.69, 9.17) is 11.6 Å². The van der Waals surface area contributed by atoms with Gasteiger partial charge in [-0.15, -0.1) is 0 Å². The number of carbonyl (C=O) groups is 1. The Bertz CT molecular complexity index is 1140. The number of pyridine rings is 2. The first-order valence-corrected chi connectivity index (χ1v) is 12.2. The van der Waals surface area contributed by atoms with Crippen LogP contribution in [0.15, 0.2) is 61.1 Å². The molecule has 1 amide bonds. The van der Waals surface area contributed by atoms with E-state index >= 15 is 0 Å². The summed E-state index contributed by atoms with van der Waals surface area (Å²) in [4.78, 5) is 22.8. The maximum absolute atomic E-state index is 12.9. The van der Waals surface area contributed by atoms with Gasteiger partial charge in [0.05, 0.1) is 12.2 Å². The van der Waals surface area contributed by atoms with Crippen molar-refractivity contribution in [1.29, 1.82) is 0 Å². The molecule has 1 unspecified atom stereocenters. The van der Waals surface area contributed by atoms with Crippen molar-refractivity contribution in [3.05, 3.63) is 94.0 Å². The number of aromatic nitrogens is 2. The lowest BCUT2D eigenvalue weighted by Crippen LogP contribution is -2.35. The third-order valence-electron chi connectivity index (χ3n) is 6.50. The summed E-state index contributed by atoms with van der Waals surface area (Å²) in [5.41, 5.74) is 4.12. The summed E-state index contributed by atoms with van der Waals surface area (Å²) >= 11 is 5.85. The SMILES string of the molecule is CC(O)c1cncc(CN(C)C(=O)c2ccc(C[C@@H]3CC[C@H]([C@H](O)c4ccc(Cl)nc4)N3)cc2)c1. The lowest BCUT2D eigenvalue weighted by molar-refractivity contribution is 0.0785. The van der Waals surface area contributed by atoms with E-state index in [1.807, 2.05) is 36.4 Å². The van der Waals surface area contributed by atoms with Crippen LogP contribution in [-0.4, -0.2) is 50.1 Å². The number of rotatable bonds is 8. The maximum atomic E-state index is 12.9. The van der Waals surface area contributed by atoms with E-state index in [1.165, 1.54) is 0 Å². The van der Waals surface area contributed by atoms with Gasteiger partial charge in [0.25, 0.3) is 5.91 Å².